The molecule has 402 valence electrons. The molecular formula is C53H78N8O12. The molecule has 1 heterocycles. The number of benzene rings is 2. The van der Waals surface area contributed by atoms with Crippen molar-refractivity contribution in [1.82, 2.24) is 36.7 Å². The summed E-state index contributed by atoms with van der Waals surface area (Å²) < 4.78 is 27.5. The van der Waals surface area contributed by atoms with Gasteiger partial charge >= 0.3 is 24.3 Å². The molecule has 0 saturated heterocycles. The summed E-state index contributed by atoms with van der Waals surface area (Å²) in [6.45, 7) is 20.4. The van der Waals surface area contributed by atoms with Crippen molar-refractivity contribution < 1.29 is 57.2 Å². The topological polar surface area (TPSA) is 268 Å². The fourth-order valence-electron chi connectivity index (χ4n) is 7.26. The van der Waals surface area contributed by atoms with Crippen molar-refractivity contribution in [3.8, 4) is 11.3 Å². The number of hydrogen-bond acceptors (Lipinski definition) is 15. The Morgan fingerprint density at radius 3 is 1.67 bits per heavy atom. The summed E-state index contributed by atoms with van der Waals surface area (Å²) in [4.78, 5) is 99.8. The largest absolute Gasteiger partial charge is 0.511 e. The van der Waals surface area contributed by atoms with Crippen LogP contribution in [0.1, 0.15) is 94.2 Å². The predicted molar refractivity (Wildman–Crippen MR) is 274 cm³/mol. The van der Waals surface area contributed by atoms with Gasteiger partial charge in [-0.3, -0.25) is 24.8 Å². The number of esters is 1. The van der Waals surface area contributed by atoms with Gasteiger partial charge in [-0.05, 0) is 52.3 Å². The maximum Gasteiger partial charge on any atom is 0.511 e. The number of amides is 5. The molecule has 0 aliphatic rings. The van der Waals surface area contributed by atoms with Crippen molar-refractivity contribution in [2.75, 3.05) is 20.8 Å². The molecule has 7 N–H and O–H groups in total. The summed E-state index contributed by atoms with van der Waals surface area (Å²) >= 11 is 0. The monoisotopic (exact) mass is 1020 g/mol. The smallest absolute Gasteiger partial charge is 0.453 e. The lowest BCUT2D eigenvalue weighted by atomic mass is 9.85. The first kappa shape index (κ1) is 60.5. The molecule has 1 unspecified atom stereocenters. The summed E-state index contributed by atoms with van der Waals surface area (Å²) in [6.07, 6.45) is -4.27. The van der Waals surface area contributed by atoms with Crippen LogP contribution in [0.25, 0.3) is 11.3 Å². The second-order valence-electron chi connectivity index (χ2n) is 21.0. The molecule has 1 aromatic heterocycles. The van der Waals surface area contributed by atoms with Crippen LogP contribution in [0, 0.1) is 28.6 Å². The normalized spacial score (nSPS) is 14.6. The SMILES string of the molecule is COC(=O)N[C@H](C(=O)N[C@@H](Cc1ccccc1)[C@H](CN(Cc1ccc(-c2ccccn2)cc1)NC(=O)[C@@H](NC(=O)OC)C(C)(C)C)OC(=O)OC(OC(=O)[C@@H](NC(=O)[C@@H](N)C(C)C)C(C)C)C(C)C)C(C)(C)C. The number of carbonyl (C=O) groups is 7. The van der Waals surface area contributed by atoms with Crippen molar-refractivity contribution in [3.63, 3.8) is 0 Å². The van der Waals surface area contributed by atoms with Crippen LogP contribution >= 0.6 is 0 Å². The number of nitrogens with two attached hydrogens (primary N) is 1. The third kappa shape index (κ3) is 19.6. The minimum atomic E-state index is -1.54. The number of alkyl carbamates (subject to hydrolysis) is 2. The van der Waals surface area contributed by atoms with E-state index in [1.165, 1.54) is 19.2 Å². The second kappa shape index (κ2) is 27.9. The number of ether oxygens (including phenoxy) is 5. The maximum absolute atomic E-state index is 14.5. The summed E-state index contributed by atoms with van der Waals surface area (Å²) in [5.74, 6) is -4.10. The zero-order valence-corrected chi connectivity index (χ0v) is 44.8. The van der Waals surface area contributed by atoms with Crippen molar-refractivity contribution in [1.29, 1.82) is 0 Å². The van der Waals surface area contributed by atoms with Gasteiger partial charge in [0.15, 0.2) is 0 Å². The molecule has 20 nitrogen and oxygen atoms in total. The minimum Gasteiger partial charge on any atom is -0.453 e. The number of nitrogens with zero attached hydrogens (tertiary/aromatic N) is 2. The highest BCUT2D eigenvalue weighted by molar-refractivity contribution is 5.88. The molecular weight excluding hydrogens is 941 g/mol. The number of pyridine rings is 1. The zero-order chi connectivity index (χ0) is 54.8. The van der Waals surface area contributed by atoms with E-state index in [4.69, 9.17) is 29.4 Å². The van der Waals surface area contributed by atoms with Gasteiger partial charge in [0, 0.05) is 24.2 Å². The third-order valence-corrected chi connectivity index (χ3v) is 11.7. The van der Waals surface area contributed by atoms with Crippen LogP contribution < -0.4 is 32.4 Å². The number of methoxy groups -OCH3 is 2. The van der Waals surface area contributed by atoms with Crippen molar-refractivity contribution in [2.24, 2.45) is 34.3 Å². The molecule has 0 radical (unpaired) electrons. The van der Waals surface area contributed by atoms with Gasteiger partial charge in [-0.1, -0.05) is 144 Å². The average molecular weight is 1020 g/mol. The summed E-state index contributed by atoms with van der Waals surface area (Å²) in [6, 6.07) is 16.4. The van der Waals surface area contributed by atoms with Crippen LogP contribution in [0.5, 0.6) is 0 Å². The number of rotatable bonds is 23. The Morgan fingerprint density at radius 2 is 1.18 bits per heavy atom. The Labute approximate surface area is 429 Å². The minimum absolute atomic E-state index is 0.0201. The average Bonchev–Trinajstić information content (AvgIpc) is 3.32. The molecule has 5 amide bonds. The van der Waals surface area contributed by atoms with Gasteiger partial charge in [0.2, 0.25) is 11.8 Å². The summed E-state index contributed by atoms with van der Waals surface area (Å²) in [5.41, 5.74) is 10.2. The molecule has 0 aliphatic heterocycles. The molecule has 0 spiro atoms. The predicted octanol–water partition coefficient (Wildman–Crippen LogP) is 6.02. The highest BCUT2D eigenvalue weighted by Gasteiger charge is 2.40. The Bertz CT molecular complexity index is 2270. The van der Waals surface area contributed by atoms with E-state index in [0.29, 0.717) is 11.1 Å². The number of aromatic nitrogens is 1. The first-order valence-electron chi connectivity index (χ1n) is 24.4. The lowest BCUT2D eigenvalue weighted by molar-refractivity contribution is -0.185. The van der Waals surface area contributed by atoms with Crippen LogP contribution in [0.3, 0.4) is 0 Å². The second-order valence-corrected chi connectivity index (χ2v) is 21.0. The number of nitrogens with one attached hydrogen (secondary N) is 5. The highest BCUT2D eigenvalue weighted by atomic mass is 16.8. The molecule has 0 saturated carbocycles. The number of hydrogen-bond donors (Lipinski definition) is 6. The quantitative estimate of drug-likeness (QED) is 0.0274. The molecule has 0 aliphatic carbocycles. The standard InChI is InChI=1S/C53H78N8O12/c1-31(2)40(54)44(62)57-41(32(3)4)47(65)72-48(33(5)6)73-51(68)71-39(38(28-34-20-16-15-17-21-34)56-45(63)42(52(7,8)9)58-49(66)69-13)30-61(60-46(64)43(53(10,11)12)59-50(67)70-14)29-35-23-25-36(26-24-35)37-22-18-19-27-55-37/h15-27,31-33,38-43,48H,28-30,54H2,1-14H3,(H,56,63)(H,57,62)(H,58,66)(H,59,67)(H,60,64)/t38-,39-,40-,41-,42+,43+,48?/m0/s1. The highest BCUT2D eigenvalue weighted by Crippen LogP contribution is 2.24. The zero-order valence-electron chi connectivity index (χ0n) is 44.8. The van der Waals surface area contributed by atoms with E-state index in [1.54, 1.807) is 101 Å². The van der Waals surface area contributed by atoms with Gasteiger partial charge in [-0.15, -0.1) is 0 Å². The van der Waals surface area contributed by atoms with Crippen molar-refractivity contribution >= 4 is 42.0 Å². The third-order valence-electron chi connectivity index (χ3n) is 11.7. The van der Waals surface area contributed by atoms with Gasteiger partial charge in [0.25, 0.3) is 12.2 Å². The van der Waals surface area contributed by atoms with Gasteiger partial charge in [-0.2, -0.15) is 0 Å². The van der Waals surface area contributed by atoms with Gasteiger partial charge in [0.05, 0.1) is 38.5 Å². The van der Waals surface area contributed by atoms with E-state index in [2.05, 4.69) is 31.7 Å². The van der Waals surface area contributed by atoms with Crippen LogP contribution in [-0.4, -0.2) is 115 Å². The fourth-order valence-corrected chi connectivity index (χ4v) is 7.26. The molecule has 3 rings (SSSR count). The van der Waals surface area contributed by atoms with Crippen LogP contribution in [0.4, 0.5) is 14.4 Å². The van der Waals surface area contributed by atoms with E-state index < -0.39 is 107 Å². The first-order valence-corrected chi connectivity index (χ1v) is 24.4. The van der Waals surface area contributed by atoms with Crippen LogP contribution in [0.2, 0.25) is 0 Å². The molecule has 2 aromatic carbocycles. The Balaban J connectivity index is 2.22. The van der Waals surface area contributed by atoms with E-state index in [1.807, 2.05) is 60.7 Å². The Hall–Kier alpha value is -6.80. The number of hydrazine groups is 1. The van der Waals surface area contributed by atoms with E-state index in [0.717, 1.165) is 11.3 Å². The van der Waals surface area contributed by atoms with Crippen LogP contribution in [0.15, 0.2) is 79.0 Å². The maximum atomic E-state index is 14.5. The lowest BCUT2D eigenvalue weighted by Crippen LogP contribution is -2.61. The van der Waals surface area contributed by atoms with Crippen molar-refractivity contribution in [2.45, 2.75) is 139 Å². The van der Waals surface area contributed by atoms with Crippen molar-refractivity contribution in [3.05, 3.63) is 90.1 Å². The van der Waals surface area contributed by atoms with Gasteiger partial charge in [-0.25, -0.2) is 24.2 Å². The molecule has 3 aromatic rings. The molecule has 0 bridgehead atoms. The van der Waals surface area contributed by atoms with Gasteiger partial charge in [0.1, 0.15) is 24.2 Å². The van der Waals surface area contributed by atoms with E-state index in [9.17, 15) is 33.6 Å². The first-order chi connectivity index (χ1) is 34.1. The van der Waals surface area contributed by atoms with Crippen LogP contribution in [-0.2, 0) is 55.8 Å². The number of carbonyl (C=O) groups excluding carboxylic acids is 7. The fraction of sp³-hybridized carbons (Fsp3) is 0.547. The Kier molecular flexibility index (Phi) is 23.1. The van der Waals surface area contributed by atoms with E-state index in [-0.39, 0.29) is 25.4 Å². The Morgan fingerprint density at radius 1 is 0.616 bits per heavy atom. The van der Waals surface area contributed by atoms with E-state index >= 15 is 0 Å². The molecule has 0 fully saturated rings. The lowest BCUT2D eigenvalue weighted by Gasteiger charge is -2.37. The summed E-state index contributed by atoms with van der Waals surface area (Å²) in [5, 5.41) is 12.4. The molecule has 20 heteroatoms. The molecule has 7 atom stereocenters. The van der Waals surface area contributed by atoms with Gasteiger partial charge < -0.3 is 50.7 Å². The molecule has 73 heavy (non-hydrogen) atoms. The summed E-state index contributed by atoms with van der Waals surface area (Å²) in [7, 11) is 2.35.